The van der Waals surface area contributed by atoms with Gasteiger partial charge in [0.1, 0.15) is 6.04 Å². The monoisotopic (exact) mass is 258 g/mol. The average Bonchev–Trinajstić information content (AvgIpc) is 2.66. The molecule has 0 saturated carbocycles. The summed E-state index contributed by atoms with van der Waals surface area (Å²) in [4.78, 5) is 11.1. The first-order valence-electron chi connectivity index (χ1n) is 5.57. The van der Waals surface area contributed by atoms with Crippen LogP contribution in [0.25, 0.3) is 0 Å². The molecule has 1 amide bonds. The Kier molecular flexibility index (Phi) is 3.30. The molecule has 0 aromatic heterocycles. The van der Waals surface area contributed by atoms with Crippen LogP contribution >= 0.6 is 0 Å². The van der Waals surface area contributed by atoms with Crippen LogP contribution in [0.5, 0.6) is 0 Å². The lowest BCUT2D eigenvalue weighted by Crippen LogP contribution is -2.43. The molecular formula is C12H13F3N2O. The lowest BCUT2D eigenvalue weighted by atomic mass is 10.0. The van der Waals surface area contributed by atoms with Gasteiger partial charge in [0.25, 0.3) is 0 Å². The van der Waals surface area contributed by atoms with Gasteiger partial charge in [0, 0.05) is 13.0 Å². The predicted molar refractivity (Wildman–Crippen MR) is 59.4 cm³/mol. The van der Waals surface area contributed by atoms with Crippen LogP contribution < -0.4 is 5.43 Å². The SMILES string of the molecule is Cc1ccc([C@H](N2CCC(=O)N2)C(F)(F)F)cc1. The van der Waals surface area contributed by atoms with E-state index in [1.807, 2.05) is 6.92 Å². The van der Waals surface area contributed by atoms with Crippen molar-refractivity contribution in [2.75, 3.05) is 6.54 Å². The zero-order valence-corrected chi connectivity index (χ0v) is 9.79. The van der Waals surface area contributed by atoms with Gasteiger partial charge in [0.15, 0.2) is 0 Å². The van der Waals surface area contributed by atoms with Crippen LogP contribution in [0, 0.1) is 6.92 Å². The standard InChI is InChI=1S/C12H13F3N2O/c1-8-2-4-9(5-3-8)11(12(13,14)15)17-7-6-10(18)16-17/h2-5,11H,6-7H2,1H3,(H,16,18)/t11-/m0/s1. The van der Waals surface area contributed by atoms with Gasteiger partial charge in [-0.3, -0.25) is 10.2 Å². The summed E-state index contributed by atoms with van der Waals surface area (Å²) < 4.78 is 39.3. The summed E-state index contributed by atoms with van der Waals surface area (Å²) in [5.74, 6) is -0.378. The van der Waals surface area contributed by atoms with Gasteiger partial charge >= 0.3 is 6.18 Å². The number of hydrazine groups is 1. The number of amides is 1. The molecule has 1 fully saturated rings. The Labute approximate surface area is 103 Å². The number of hydrogen-bond acceptors (Lipinski definition) is 2. The van der Waals surface area contributed by atoms with Crippen molar-refractivity contribution >= 4 is 5.91 Å². The summed E-state index contributed by atoms with van der Waals surface area (Å²) >= 11 is 0. The molecule has 0 aliphatic carbocycles. The number of rotatable bonds is 2. The van der Waals surface area contributed by atoms with E-state index < -0.39 is 12.2 Å². The quantitative estimate of drug-likeness (QED) is 0.883. The zero-order chi connectivity index (χ0) is 13.3. The van der Waals surface area contributed by atoms with Crippen LogP contribution in [0.4, 0.5) is 13.2 Å². The van der Waals surface area contributed by atoms with Crippen LogP contribution in [0.1, 0.15) is 23.6 Å². The Bertz CT molecular complexity index is 442. The fourth-order valence-electron chi connectivity index (χ4n) is 1.98. The van der Waals surface area contributed by atoms with E-state index in [1.165, 1.54) is 12.1 Å². The maximum Gasteiger partial charge on any atom is 0.409 e. The molecule has 98 valence electrons. The number of alkyl halides is 3. The molecule has 0 radical (unpaired) electrons. The molecule has 1 aromatic rings. The van der Waals surface area contributed by atoms with E-state index in [0.717, 1.165) is 10.6 Å². The molecule has 1 aliphatic heterocycles. The van der Waals surface area contributed by atoms with E-state index >= 15 is 0 Å². The lowest BCUT2D eigenvalue weighted by Gasteiger charge is -2.29. The molecule has 0 unspecified atom stereocenters. The topological polar surface area (TPSA) is 32.3 Å². The van der Waals surface area contributed by atoms with E-state index in [2.05, 4.69) is 5.43 Å². The lowest BCUT2D eigenvalue weighted by molar-refractivity contribution is -0.191. The predicted octanol–water partition coefficient (Wildman–Crippen LogP) is 2.34. The second kappa shape index (κ2) is 4.61. The third kappa shape index (κ3) is 2.64. The van der Waals surface area contributed by atoms with E-state index in [1.54, 1.807) is 12.1 Å². The van der Waals surface area contributed by atoms with Gasteiger partial charge in [-0.25, -0.2) is 5.01 Å². The molecular weight excluding hydrogens is 245 g/mol. The van der Waals surface area contributed by atoms with Crippen molar-refractivity contribution in [3.05, 3.63) is 35.4 Å². The molecule has 0 bridgehead atoms. The summed E-state index contributed by atoms with van der Waals surface area (Å²) in [7, 11) is 0. The van der Waals surface area contributed by atoms with Crippen LogP contribution in [0.15, 0.2) is 24.3 Å². The highest BCUT2D eigenvalue weighted by atomic mass is 19.4. The Morgan fingerprint density at radius 3 is 2.33 bits per heavy atom. The van der Waals surface area contributed by atoms with Crippen LogP contribution in [0.2, 0.25) is 0 Å². The molecule has 1 N–H and O–H groups in total. The maximum atomic E-state index is 13.1. The average molecular weight is 258 g/mol. The molecule has 1 saturated heterocycles. The largest absolute Gasteiger partial charge is 0.409 e. The normalized spacial score (nSPS) is 18.8. The first kappa shape index (κ1) is 12.9. The maximum absolute atomic E-state index is 13.1. The molecule has 18 heavy (non-hydrogen) atoms. The number of nitrogens with one attached hydrogen (secondary N) is 1. The first-order chi connectivity index (χ1) is 8.38. The molecule has 1 atom stereocenters. The Balaban J connectivity index is 2.31. The fraction of sp³-hybridized carbons (Fsp3) is 0.417. The van der Waals surface area contributed by atoms with Crippen LogP contribution in [-0.2, 0) is 4.79 Å². The summed E-state index contributed by atoms with van der Waals surface area (Å²) in [5, 5.41) is 0.951. The van der Waals surface area contributed by atoms with Gasteiger partial charge in [-0.1, -0.05) is 29.8 Å². The van der Waals surface area contributed by atoms with Crippen LogP contribution in [0.3, 0.4) is 0 Å². The Morgan fingerprint density at radius 2 is 1.89 bits per heavy atom. The first-order valence-corrected chi connectivity index (χ1v) is 5.57. The van der Waals surface area contributed by atoms with Gasteiger partial charge < -0.3 is 0 Å². The minimum absolute atomic E-state index is 0.0664. The third-order valence-corrected chi connectivity index (χ3v) is 2.86. The van der Waals surface area contributed by atoms with Gasteiger partial charge in [0.05, 0.1) is 0 Å². The molecule has 1 heterocycles. The van der Waals surface area contributed by atoms with Gasteiger partial charge in [-0.15, -0.1) is 0 Å². The van der Waals surface area contributed by atoms with E-state index in [-0.39, 0.29) is 24.4 Å². The second-order valence-corrected chi connectivity index (χ2v) is 4.33. The third-order valence-electron chi connectivity index (χ3n) is 2.86. The highest BCUT2D eigenvalue weighted by Gasteiger charge is 2.46. The molecule has 1 aromatic carbocycles. The number of benzene rings is 1. The summed E-state index contributed by atoms with van der Waals surface area (Å²) in [6.45, 7) is 1.88. The molecule has 3 nitrogen and oxygen atoms in total. The number of hydrogen-bond donors (Lipinski definition) is 1. The van der Waals surface area contributed by atoms with E-state index in [0.29, 0.717) is 0 Å². The summed E-state index contributed by atoms with van der Waals surface area (Å²) in [5.41, 5.74) is 3.28. The van der Waals surface area contributed by atoms with Gasteiger partial charge in [-0.2, -0.15) is 13.2 Å². The van der Waals surface area contributed by atoms with Crippen molar-refractivity contribution in [3.63, 3.8) is 0 Å². The Morgan fingerprint density at radius 1 is 1.28 bits per heavy atom. The molecule has 6 heteroatoms. The van der Waals surface area contributed by atoms with Gasteiger partial charge in [0.2, 0.25) is 5.91 Å². The van der Waals surface area contributed by atoms with Crippen molar-refractivity contribution in [2.45, 2.75) is 25.6 Å². The van der Waals surface area contributed by atoms with Crippen molar-refractivity contribution in [2.24, 2.45) is 0 Å². The fourth-order valence-corrected chi connectivity index (χ4v) is 1.98. The second-order valence-electron chi connectivity index (χ2n) is 4.33. The van der Waals surface area contributed by atoms with Crippen molar-refractivity contribution in [1.29, 1.82) is 0 Å². The van der Waals surface area contributed by atoms with Crippen LogP contribution in [-0.4, -0.2) is 23.6 Å². The van der Waals surface area contributed by atoms with Crippen molar-refractivity contribution < 1.29 is 18.0 Å². The number of carbonyl (C=O) groups is 1. The zero-order valence-electron chi connectivity index (χ0n) is 9.79. The van der Waals surface area contributed by atoms with Gasteiger partial charge in [-0.05, 0) is 12.5 Å². The molecule has 1 aliphatic rings. The van der Waals surface area contributed by atoms with Crippen molar-refractivity contribution in [1.82, 2.24) is 10.4 Å². The minimum Gasteiger partial charge on any atom is -0.288 e. The van der Waals surface area contributed by atoms with E-state index in [9.17, 15) is 18.0 Å². The highest BCUT2D eigenvalue weighted by Crippen LogP contribution is 2.37. The Hall–Kier alpha value is -1.56. The number of halogens is 3. The summed E-state index contributed by atoms with van der Waals surface area (Å²) in [6.07, 6.45) is -4.33. The molecule has 2 rings (SSSR count). The summed E-state index contributed by atoms with van der Waals surface area (Å²) in [6, 6.07) is 4.36. The minimum atomic E-state index is -4.42. The van der Waals surface area contributed by atoms with E-state index in [4.69, 9.17) is 0 Å². The highest BCUT2D eigenvalue weighted by molar-refractivity contribution is 5.77. The smallest absolute Gasteiger partial charge is 0.288 e. The number of aryl methyl sites for hydroxylation is 1. The van der Waals surface area contributed by atoms with Crippen molar-refractivity contribution in [3.8, 4) is 0 Å². The molecule has 0 spiro atoms. The number of carbonyl (C=O) groups excluding carboxylic acids is 1. The number of nitrogens with zero attached hydrogens (tertiary/aromatic N) is 1.